The molecular weight excluding hydrogens is 236 g/mol. The van der Waals surface area contributed by atoms with Crippen LogP contribution in [0, 0.1) is 35.0 Å². The highest BCUT2D eigenvalue weighted by Gasteiger charge is 2.03. The molecule has 0 amide bonds. The van der Waals surface area contributed by atoms with E-state index in [0.29, 0.717) is 28.2 Å². The van der Waals surface area contributed by atoms with Crippen LogP contribution in [0.3, 0.4) is 0 Å². The standard InChI is InChI=1S/C16H8N2O/c1-2-12-4-3-5-15(7-12)19-16-8-13(10-17)6-14(9-16)11-18/h1,3-9H. The lowest BCUT2D eigenvalue weighted by molar-refractivity contribution is 0.482. The first-order chi connectivity index (χ1) is 9.25. The van der Waals surface area contributed by atoms with Crippen LogP contribution in [0.15, 0.2) is 42.5 Å². The van der Waals surface area contributed by atoms with Crippen molar-refractivity contribution in [2.24, 2.45) is 0 Å². The van der Waals surface area contributed by atoms with Crippen LogP contribution < -0.4 is 4.74 Å². The zero-order chi connectivity index (χ0) is 13.7. The molecule has 2 rings (SSSR count). The molecule has 2 aromatic rings. The highest BCUT2D eigenvalue weighted by molar-refractivity contribution is 5.47. The van der Waals surface area contributed by atoms with Gasteiger partial charge < -0.3 is 4.74 Å². The summed E-state index contributed by atoms with van der Waals surface area (Å²) in [6.45, 7) is 0. The maximum atomic E-state index is 8.89. The fraction of sp³-hybridized carbons (Fsp3) is 0. The first kappa shape index (κ1) is 12.2. The molecule has 19 heavy (non-hydrogen) atoms. The SMILES string of the molecule is C#Cc1cccc(Oc2cc(C#N)cc(C#N)c2)c1. The van der Waals surface area contributed by atoms with Crippen LogP contribution in [0.2, 0.25) is 0 Å². The van der Waals surface area contributed by atoms with Crippen LogP contribution in [-0.2, 0) is 0 Å². The van der Waals surface area contributed by atoms with Crippen molar-refractivity contribution in [3.8, 4) is 36.0 Å². The van der Waals surface area contributed by atoms with Crippen molar-refractivity contribution >= 4 is 0 Å². The maximum Gasteiger partial charge on any atom is 0.130 e. The van der Waals surface area contributed by atoms with Crippen LogP contribution in [-0.4, -0.2) is 0 Å². The average molecular weight is 244 g/mol. The molecule has 0 N–H and O–H groups in total. The van der Waals surface area contributed by atoms with Crippen molar-refractivity contribution < 1.29 is 4.74 Å². The van der Waals surface area contributed by atoms with Gasteiger partial charge >= 0.3 is 0 Å². The number of nitriles is 2. The molecule has 0 saturated carbocycles. The smallest absolute Gasteiger partial charge is 0.130 e. The van der Waals surface area contributed by atoms with E-state index in [4.69, 9.17) is 21.7 Å². The highest BCUT2D eigenvalue weighted by Crippen LogP contribution is 2.24. The molecule has 0 bridgehead atoms. The third-order valence-corrected chi connectivity index (χ3v) is 2.40. The van der Waals surface area contributed by atoms with E-state index in [1.54, 1.807) is 36.4 Å². The summed E-state index contributed by atoms with van der Waals surface area (Å²) < 4.78 is 5.61. The number of ether oxygens (including phenoxy) is 1. The summed E-state index contributed by atoms with van der Waals surface area (Å²) in [5, 5.41) is 17.8. The lowest BCUT2D eigenvalue weighted by Gasteiger charge is -2.06. The van der Waals surface area contributed by atoms with Gasteiger partial charge in [-0.15, -0.1) is 6.42 Å². The molecule has 88 valence electrons. The van der Waals surface area contributed by atoms with E-state index in [9.17, 15) is 0 Å². The molecule has 0 aliphatic rings. The number of hydrogen-bond donors (Lipinski definition) is 0. The van der Waals surface area contributed by atoms with Crippen molar-refractivity contribution in [3.05, 3.63) is 59.2 Å². The van der Waals surface area contributed by atoms with Crippen molar-refractivity contribution in [2.75, 3.05) is 0 Å². The van der Waals surface area contributed by atoms with Gasteiger partial charge in [0.05, 0.1) is 23.3 Å². The molecule has 0 unspecified atom stereocenters. The molecule has 2 aromatic carbocycles. The van der Waals surface area contributed by atoms with Crippen LogP contribution in [0.25, 0.3) is 0 Å². The Labute approximate surface area is 111 Å². The number of nitrogens with zero attached hydrogens (tertiary/aromatic N) is 2. The van der Waals surface area contributed by atoms with Crippen molar-refractivity contribution in [3.63, 3.8) is 0 Å². The van der Waals surface area contributed by atoms with Gasteiger partial charge in [-0.1, -0.05) is 12.0 Å². The summed E-state index contributed by atoms with van der Waals surface area (Å²) in [5.41, 5.74) is 1.46. The molecule has 0 radical (unpaired) electrons. The first-order valence-electron chi connectivity index (χ1n) is 5.45. The van der Waals surface area contributed by atoms with E-state index < -0.39 is 0 Å². The van der Waals surface area contributed by atoms with Gasteiger partial charge in [-0.05, 0) is 36.4 Å². The lowest BCUT2D eigenvalue weighted by atomic mass is 10.1. The molecule has 0 saturated heterocycles. The predicted molar refractivity (Wildman–Crippen MR) is 70.3 cm³/mol. The summed E-state index contributed by atoms with van der Waals surface area (Å²) in [6, 6.07) is 15.7. The van der Waals surface area contributed by atoms with E-state index >= 15 is 0 Å². The minimum Gasteiger partial charge on any atom is -0.457 e. The third kappa shape index (κ3) is 2.91. The number of hydrogen-bond acceptors (Lipinski definition) is 3. The van der Waals surface area contributed by atoms with Gasteiger partial charge in [0.2, 0.25) is 0 Å². The largest absolute Gasteiger partial charge is 0.457 e. The van der Waals surface area contributed by atoms with Gasteiger partial charge in [0.1, 0.15) is 11.5 Å². The lowest BCUT2D eigenvalue weighted by Crippen LogP contribution is -1.88. The summed E-state index contributed by atoms with van der Waals surface area (Å²) in [6.07, 6.45) is 5.31. The van der Waals surface area contributed by atoms with Crippen molar-refractivity contribution in [1.82, 2.24) is 0 Å². The Kier molecular flexibility index (Phi) is 3.48. The monoisotopic (exact) mass is 244 g/mol. The second-order valence-corrected chi connectivity index (χ2v) is 3.74. The molecule has 0 fully saturated rings. The van der Waals surface area contributed by atoms with Crippen LogP contribution in [0.5, 0.6) is 11.5 Å². The van der Waals surface area contributed by atoms with Crippen molar-refractivity contribution in [2.45, 2.75) is 0 Å². The fourth-order valence-corrected chi connectivity index (χ4v) is 1.57. The first-order valence-corrected chi connectivity index (χ1v) is 5.45. The summed E-state index contributed by atoms with van der Waals surface area (Å²) in [4.78, 5) is 0. The number of benzene rings is 2. The van der Waals surface area contributed by atoms with E-state index in [-0.39, 0.29) is 0 Å². The zero-order valence-corrected chi connectivity index (χ0v) is 9.92. The Morgan fingerprint density at radius 3 is 2.05 bits per heavy atom. The van der Waals surface area contributed by atoms with Crippen LogP contribution in [0.4, 0.5) is 0 Å². The third-order valence-electron chi connectivity index (χ3n) is 2.40. The van der Waals surface area contributed by atoms with Gasteiger partial charge in [0.25, 0.3) is 0 Å². The molecule has 0 heterocycles. The molecule has 0 atom stereocenters. The van der Waals surface area contributed by atoms with Gasteiger partial charge in [-0.2, -0.15) is 10.5 Å². The summed E-state index contributed by atoms with van der Waals surface area (Å²) in [5.74, 6) is 3.51. The fourth-order valence-electron chi connectivity index (χ4n) is 1.57. The maximum absolute atomic E-state index is 8.89. The molecule has 3 nitrogen and oxygen atoms in total. The Bertz CT molecular complexity index is 710. The Hall–Kier alpha value is -3.22. The Balaban J connectivity index is 2.36. The molecule has 3 heteroatoms. The van der Waals surface area contributed by atoms with Gasteiger partial charge in [0.15, 0.2) is 0 Å². The summed E-state index contributed by atoms with van der Waals surface area (Å²) >= 11 is 0. The van der Waals surface area contributed by atoms with Crippen LogP contribution >= 0.6 is 0 Å². The minimum atomic E-state index is 0.377. The van der Waals surface area contributed by atoms with E-state index in [2.05, 4.69) is 5.92 Å². The van der Waals surface area contributed by atoms with Crippen molar-refractivity contribution in [1.29, 1.82) is 10.5 Å². The zero-order valence-electron chi connectivity index (χ0n) is 9.92. The Morgan fingerprint density at radius 2 is 1.47 bits per heavy atom. The second kappa shape index (κ2) is 5.41. The molecule has 0 aromatic heterocycles. The number of rotatable bonds is 2. The minimum absolute atomic E-state index is 0.377. The van der Waals surface area contributed by atoms with E-state index in [1.807, 2.05) is 12.1 Å². The molecular formula is C16H8N2O. The van der Waals surface area contributed by atoms with Gasteiger partial charge in [-0.25, -0.2) is 0 Å². The quantitative estimate of drug-likeness (QED) is 0.762. The molecule has 0 spiro atoms. The average Bonchev–Trinajstić information content (AvgIpc) is 2.47. The highest BCUT2D eigenvalue weighted by atomic mass is 16.5. The molecule has 0 aliphatic carbocycles. The van der Waals surface area contributed by atoms with E-state index in [1.165, 1.54) is 6.07 Å². The van der Waals surface area contributed by atoms with Gasteiger partial charge in [-0.3, -0.25) is 0 Å². The Morgan fingerprint density at radius 1 is 0.842 bits per heavy atom. The van der Waals surface area contributed by atoms with Crippen LogP contribution in [0.1, 0.15) is 16.7 Å². The normalized spacial score (nSPS) is 8.89. The summed E-state index contributed by atoms with van der Waals surface area (Å²) in [7, 11) is 0. The molecule has 0 aliphatic heterocycles. The van der Waals surface area contributed by atoms with Gasteiger partial charge in [0, 0.05) is 5.56 Å². The predicted octanol–water partition coefficient (Wildman–Crippen LogP) is 3.20. The number of terminal acetylenes is 1. The topological polar surface area (TPSA) is 56.8 Å². The van der Waals surface area contributed by atoms with E-state index in [0.717, 1.165) is 0 Å². The second-order valence-electron chi connectivity index (χ2n) is 3.74.